The van der Waals surface area contributed by atoms with Gasteiger partial charge in [-0.25, -0.2) is 26.8 Å². The number of sulfonamides is 1. The number of likely N-dealkylation sites (tertiary alicyclic amines) is 1. The molecular weight excluding hydrogens is 528 g/mol. The van der Waals surface area contributed by atoms with E-state index in [1.54, 1.807) is 23.1 Å². The van der Waals surface area contributed by atoms with Crippen molar-refractivity contribution < 1.29 is 26.4 Å². The number of primary sulfonamides is 1. The molecule has 206 valence electrons. The normalized spacial score (nSPS) is 20.1. The lowest BCUT2D eigenvalue weighted by atomic mass is 9.88. The van der Waals surface area contributed by atoms with Gasteiger partial charge in [0.2, 0.25) is 10.0 Å². The summed E-state index contributed by atoms with van der Waals surface area (Å²) in [4.78, 5) is 17.2. The van der Waals surface area contributed by atoms with E-state index in [4.69, 9.17) is 9.88 Å². The van der Waals surface area contributed by atoms with Crippen LogP contribution in [0.5, 0.6) is 5.75 Å². The van der Waals surface area contributed by atoms with Crippen molar-refractivity contribution in [2.45, 2.75) is 60.4 Å². The second-order valence-electron chi connectivity index (χ2n) is 10.6. The number of nitrogens with zero attached hydrogens (tertiary/aromatic N) is 2. The molecule has 2 amide bonds. The SMILES string of the molecule is CCOc1cc(S(C)(=O)=O)c(C2CC2)cc1CN1CCC2(CC1)CN(c1ccc(S(N)(=O)=O)cc1)C(=O)N2. The van der Waals surface area contributed by atoms with Crippen LogP contribution in [0.3, 0.4) is 0 Å². The number of nitrogens with two attached hydrogens (primary N) is 1. The first-order valence-corrected chi connectivity index (χ1v) is 16.3. The van der Waals surface area contributed by atoms with Gasteiger partial charge in [0, 0.05) is 37.1 Å². The van der Waals surface area contributed by atoms with Crippen molar-refractivity contribution in [3.63, 3.8) is 0 Å². The number of amides is 2. The Labute approximate surface area is 224 Å². The standard InChI is InChI=1S/C26H34N4O6S2/c1-3-36-23-15-24(37(2,32)33)22(18-4-5-18)14-19(23)16-29-12-10-26(11-13-29)17-30(25(31)28-26)20-6-8-21(9-7-20)38(27,34)35/h6-9,14-15,18H,3-5,10-13,16-17H2,1-2H3,(H,28,31)(H2,27,34,35). The molecule has 2 aliphatic heterocycles. The van der Waals surface area contributed by atoms with E-state index in [9.17, 15) is 21.6 Å². The third-order valence-corrected chi connectivity index (χ3v) is 9.75. The number of anilines is 1. The summed E-state index contributed by atoms with van der Waals surface area (Å²) in [7, 11) is -7.16. The molecule has 3 N–H and O–H groups in total. The first-order chi connectivity index (χ1) is 17.9. The molecule has 0 unspecified atom stereocenters. The lowest BCUT2D eigenvalue weighted by molar-refractivity contribution is 0.149. The van der Waals surface area contributed by atoms with E-state index in [-0.39, 0.29) is 22.4 Å². The van der Waals surface area contributed by atoms with Crippen molar-refractivity contribution in [2.75, 3.05) is 37.4 Å². The minimum Gasteiger partial charge on any atom is -0.494 e. The zero-order chi connectivity index (χ0) is 27.3. The summed E-state index contributed by atoms with van der Waals surface area (Å²) in [6.07, 6.45) is 4.77. The van der Waals surface area contributed by atoms with Crippen LogP contribution in [0.15, 0.2) is 46.2 Å². The Morgan fingerprint density at radius 3 is 2.29 bits per heavy atom. The fourth-order valence-corrected chi connectivity index (χ4v) is 6.96. The van der Waals surface area contributed by atoms with Crippen molar-refractivity contribution in [1.82, 2.24) is 10.2 Å². The lowest BCUT2D eigenvalue weighted by Gasteiger charge is -2.39. The predicted molar refractivity (Wildman–Crippen MR) is 144 cm³/mol. The second-order valence-corrected chi connectivity index (χ2v) is 14.1. The van der Waals surface area contributed by atoms with E-state index < -0.39 is 19.9 Å². The van der Waals surface area contributed by atoms with Crippen molar-refractivity contribution in [3.05, 3.63) is 47.5 Å². The molecule has 1 saturated carbocycles. The Morgan fingerprint density at radius 1 is 1.08 bits per heavy atom. The van der Waals surface area contributed by atoms with E-state index in [0.717, 1.165) is 49.9 Å². The summed E-state index contributed by atoms with van der Waals surface area (Å²) in [5.41, 5.74) is 2.14. The summed E-state index contributed by atoms with van der Waals surface area (Å²) < 4.78 is 53.9. The molecule has 12 heteroatoms. The summed E-state index contributed by atoms with van der Waals surface area (Å²) >= 11 is 0. The highest BCUT2D eigenvalue weighted by Crippen LogP contribution is 2.45. The molecule has 1 spiro atoms. The van der Waals surface area contributed by atoms with Crippen LogP contribution >= 0.6 is 0 Å². The summed E-state index contributed by atoms with van der Waals surface area (Å²) in [6.45, 7) is 4.99. The number of hydrogen-bond donors (Lipinski definition) is 2. The highest BCUT2D eigenvalue weighted by atomic mass is 32.2. The Balaban J connectivity index is 1.29. The monoisotopic (exact) mass is 562 g/mol. The first-order valence-electron chi connectivity index (χ1n) is 12.8. The largest absolute Gasteiger partial charge is 0.494 e. The molecule has 0 atom stereocenters. The highest BCUT2D eigenvalue weighted by molar-refractivity contribution is 7.90. The number of hydrogen-bond acceptors (Lipinski definition) is 7. The van der Waals surface area contributed by atoms with Crippen LogP contribution in [0.1, 0.15) is 49.7 Å². The Kier molecular flexibility index (Phi) is 6.95. The fourth-order valence-electron chi connectivity index (χ4n) is 5.47. The molecule has 0 bridgehead atoms. The Morgan fingerprint density at radius 2 is 1.74 bits per heavy atom. The second kappa shape index (κ2) is 9.82. The number of urea groups is 1. The number of sulfone groups is 1. The van der Waals surface area contributed by atoms with Crippen molar-refractivity contribution >= 4 is 31.6 Å². The molecule has 2 saturated heterocycles. The van der Waals surface area contributed by atoms with Gasteiger partial charge in [-0.1, -0.05) is 0 Å². The van der Waals surface area contributed by atoms with Crippen molar-refractivity contribution in [3.8, 4) is 5.75 Å². The number of carbonyl (C=O) groups excluding carboxylic acids is 1. The van der Waals surface area contributed by atoms with Crippen LogP contribution in [-0.2, 0) is 26.4 Å². The van der Waals surface area contributed by atoms with Gasteiger partial charge in [0.15, 0.2) is 9.84 Å². The van der Waals surface area contributed by atoms with Crippen LogP contribution in [0.2, 0.25) is 0 Å². The number of nitrogens with one attached hydrogen (secondary N) is 1. The van der Waals surface area contributed by atoms with Gasteiger partial charge in [-0.15, -0.1) is 0 Å². The summed E-state index contributed by atoms with van der Waals surface area (Å²) in [5, 5.41) is 8.35. The Bertz CT molecular complexity index is 1450. The molecule has 2 aromatic carbocycles. The van der Waals surface area contributed by atoms with Crippen LogP contribution in [-0.4, -0.2) is 65.8 Å². The minimum atomic E-state index is -3.80. The molecule has 10 nitrogen and oxygen atoms in total. The topological polar surface area (TPSA) is 139 Å². The van der Waals surface area contributed by atoms with Gasteiger partial charge in [-0.2, -0.15) is 0 Å². The van der Waals surface area contributed by atoms with Gasteiger partial charge in [0.25, 0.3) is 0 Å². The van der Waals surface area contributed by atoms with Gasteiger partial charge < -0.3 is 10.1 Å². The van der Waals surface area contributed by atoms with E-state index in [1.807, 2.05) is 13.0 Å². The highest BCUT2D eigenvalue weighted by Gasteiger charge is 2.45. The van der Waals surface area contributed by atoms with Gasteiger partial charge in [0.1, 0.15) is 5.75 Å². The quantitative estimate of drug-likeness (QED) is 0.504. The van der Waals surface area contributed by atoms with Gasteiger partial charge in [0.05, 0.1) is 28.5 Å². The van der Waals surface area contributed by atoms with E-state index >= 15 is 0 Å². The molecule has 38 heavy (non-hydrogen) atoms. The summed E-state index contributed by atoms with van der Waals surface area (Å²) in [5.74, 6) is 0.901. The van der Waals surface area contributed by atoms with E-state index in [2.05, 4.69) is 10.2 Å². The minimum absolute atomic E-state index is 0.00436. The van der Waals surface area contributed by atoms with Gasteiger partial charge in [-0.3, -0.25) is 9.80 Å². The smallest absolute Gasteiger partial charge is 0.322 e. The van der Waals surface area contributed by atoms with Crippen LogP contribution in [0.25, 0.3) is 0 Å². The van der Waals surface area contributed by atoms with Crippen molar-refractivity contribution in [2.24, 2.45) is 5.14 Å². The van der Waals surface area contributed by atoms with Crippen molar-refractivity contribution in [1.29, 1.82) is 0 Å². The average molecular weight is 563 g/mol. The number of benzene rings is 2. The van der Waals surface area contributed by atoms with Crippen LogP contribution in [0.4, 0.5) is 10.5 Å². The number of piperidine rings is 1. The Hall–Kier alpha value is -2.67. The molecular formula is C26H34N4O6S2. The number of carbonyl (C=O) groups is 1. The molecule has 5 rings (SSSR count). The molecule has 3 fully saturated rings. The zero-order valence-corrected chi connectivity index (χ0v) is 23.3. The number of rotatable bonds is 8. The third kappa shape index (κ3) is 5.54. The third-order valence-electron chi connectivity index (χ3n) is 7.67. The molecule has 2 aromatic rings. The van der Waals surface area contributed by atoms with Gasteiger partial charge in [-0.05, 0) is 80.5 Å². The molecule has 2 heterocycles. The zero-order valence-electron chi connectivity index (χ0n) is 21.6. The predicted octanol–water partition coefficient (Wildman–Crippen LogP) is 2.58. The van der Waals surface area contributed by atoms with Crippen LogP contribution < -0.4 is 20.1 Å². The molecule has 0 radical (unpaired) electrons. The average Bonchev–Trinajstić information content (AvgIpc) is 3.64. The lowest BCUT2D eigenvalue weighted by Crippen LogP contribution is -2.52. The summed E-state index contributed by atoms with van der Waals surface area (Å²) in [6, 6.07) is 9.53. The van der Waals surface area contributed by atoms with E-state index in [0.29, 0.717) is 36.0 Å². The maximum atomic E-state index is 12.8. The molecule has 3 aliphatic rings. The number of ether oxygens (including phenoxy) is 1. The maximum absolute atomic E-state index is 12.8. The molecule has 0 aromatic heterocycles. The molecule has 1 aliphatic carbocycles. The first kappa shape index (κ1) is 26.9. The van der Waals surface area contributed by atoms with Gasteiger partial charge >= 0.3 is 6.03 Å². The van der Waals surface area contributed by atoms with E-state index in [1.165, 1.54) is 18.4 Å². The maximum Gasteiger partial charge on any atom is 0.322 e. The van der Waals surface area contributed by atoms with Crippen LogP contribution in [0, 0.1) is 0 Å². The fraction of sp³-hybridized carbons (Fsp3) is 0.500.